The fraction of sp³-hybridized carbons (Fsp3) is 0.533. The number of piperidine rings is 1. The van der Waals surface area contributed by atoms with Gasteiger partial charge in [-0.25, -0.2) is 0 Å². The minimum atomic E-state index is -0.0651. The van der Waals surface area contributed by atoms with E-state index in [-0.39, 0.29) is 5.56 Å². The molecule has 1 aromatic carbocycles. The molecule has 112 valence electrons. The lowest BCUT2D eigenvalue weighted by Gasteiger charge is -2.31. The lowest BCUT2D eigenvalue weighted by molar-refractivity contribution is 0.134. The number of nitrogens with two attached hydrogens (primary N) is 1. The number of nitrogens with zero attached hydrogens (tertiary/aromatic N) is 4. The first-order valence-electron chi connectivity index (χ1n) is 7.53. The summed E-state index contributed by atoms with van der Waals surface area (Å²) in [5.41, 5.74) is 6.20. The number of fused-ring (bicyclic) bond motifs is 1. The summed E-state index contributed by atoms with van der Waals surface area (Å²) in [4.78, 5) is 14.6. The normalized spacial score (nSPS) is 17.4. The van der Waals surface area contributed by atoms with Crippen molar-refractivity contribution in [2.24, 2.45) is 11.7 Å². The summed E-state index contributed by atoms with van der Waals surface area (Å²) in [6, 6.07) is 7.33. The molecule has 1 aliphatic heterocycles. The molecular weight excluding hydrogens is 266 g/mol. The first-order valence-corrected chi connectivity index (χ1v) is 7.53. The van der Waals surface area contributed by atoms with Crippen LogP contribution in [0.5, 0.6) is 0 Å². The van der Waals surface area contributed by atoms with E-state index in [4.69, 9.17) is 5.73 Å². The van der Waals surface area contributed by atoms with Crippen molar-refractivity contribution in [1.82, 2.24) is 19.9 Å². The second kappa shape index (κ2) is 6.32. The molecule has 1 aromatic heterocycles. The summed E-state index contributed by atoms with van der Waals surface area (Å²) in [6.07, 6.45) is 3.39. The SMILES string of the molecule is NCCC1CCN(Cn2nnc3ccccc3c2=O)CC1. The van der Waals surface area contributed by atoms with Crippen molar-refractivity contribution in [1.29, 1.82) is 0 Å². The Labute approximate surface area is 123 Å². The topological polar surface area (TPSA) is 77.0 Å². The van der Waals surface area contributed by atoms with Crippen LogP contribution in [0.15, 0.2) is 29.1 Å². The van der Waals surface area contributed by atoms with Crippen molar-refractivity contribution in [3.8, 4) is 0 Å². The molecule has 6 nitrogen and oxygen atoms in total. The van der Waals surface area contributed by atoms with Crippen LogP contribution >= 0.6 is 0 Å². The monoisotopic (exact) mass is 287 g/mol. The zero-order valence-electron chi connectivity index (χ0n) is 12.1. The summed E-state index contributed by atoms with van der Waals surface area (Å²) < 4.78 is 1.46. The highest BCUT2D eigenvalue weighted by atomic mass is 16.1. The maximum Gasteiger partial charge on any atom is 0.278 e. The first kappa shape index (κ1) is 14.2. The van der Waals surface area contributed by atoms with Crippen molar-refractivity contribution in [3.63, 3.8) is 0 Å². The molecule has 0 atom stereocenters. The van der Waals surface area contributed by atoms with Gasteiger partial charge in [0.1, 0.15) is 5.52 Å². The van der Waals surface area contributed by atoms with Gasteiger partial charge < -0.3 is 5.73 Å². The molecule has 6 heteroatoms. The second-order valence-corrected chi connectivity index (χ2v) is 5.69. The van der Waals surface area contributed by atoms with Crippen LogP contribution in [0.4, 0.5) is 0 Å². The van der Waals surface area contributed by atoms with E-state index in [2.05, 4.69) is 15.2 Å². The Balaban J connectivity index is 1.71. The van der Waals surface area contributed by atoms with E-state index in [9.17, 15) is 4.79 Å². The third-order valence-electron chi connectivity index (χ3n) is 4.25. The zero-order valence-corrected chi connectivity index (χ0v) is 12.1. The van der Waals surface area contributed by atoms with Crippen LogP contribution in [0.25, 0.3) is 10.9 Å². The van der Waals surface area contributed by atoms with Gasteiger partial charge in [0.15, 0.2) is 0 Å². The quantitative estimate of drug-likeness (QED) is 0.900. The standard InChI is InChI=1S/C15H21N5O/c16-8-5-12-6-9-19(10-7-12)11-20-15(21)13-3-1-2-4-14(13)17-18-20/h1-4,12H,5-11,16H2. The van der Waals surface area contributed by atoms with Gasteiger partial charge in [0.2, 0.25) is 0 Å². The molecule has 2 heterocycles. The van der Waals surface area contributed by atoms with Gasteiger partial charge in [-0.2, -0.15) is 4.68 Å². The minimum Gasteiger partial charge on any atom is -0.330 e. The van der Waals surface area contributed by atoms with E-state index in [1.54, 1.807) is 6.07 Å². The van der Waals surface area contributed by atoms with Gasteiger partial charge in [0, 0.05) is 13.1 Å². The lowest BCUT2D eigenvalue weighted by Crippen LogP contribution is -2.39. The summed E-state index contributed by atoms with van der Waals surface area (Å²) in [7, 11) is 0. The minimum absolute atomic E-state index is 0.0651. The predicted octanol–water partition coefficient (Wildman–Crippen LogP) is 0.810. The molecule has 0 bridgehead atoms. The zero-order chi connectivity index (χ0) is 14.7. The van der Waals surface area contributed by atoms with E-state index >= 15 is 0 Å². The summed E-state index contributed by atoms with van der Waals surface area (Å²) in [5, 5.41) is 8.80. The maximum atomic E-state index is 12.4. The molecule has 0 unspecified atom stereocenters. The molecule has 0 aliphatic carbocycles. The Morgan fingerprint density at radius 1 is 1.24 bits per heavy atom. The largest absolute Gasteiger partial charge is 0.330 e. The van der Waals surface area contributed by atoms with Crippen molar-refractivity contribution in [2.75, 3.05) is 19.6 Å². The van der Waals surface area contributed by atoms with E-state index in [1.807, 2.05) is 18.2 Å². The molecule has 21 heavy (non-hydrogen) atoms. The molecule has 2 aromatic rings. The summed E-state index contributed by atoms with van der Waals surface area (Å²) >= 11 is 0. The van der Waals surface area contributed by atoms with Crippen molar-refractivity contribution in [3.05, 3.63) is 34.6 Å². The van der Waals surface area contributed by atoms with Crippen molar-refractivity contribution >= 4 is 10.9 Å². The first-order chi connectivity index (χ1) is 10.3. The number of aromatic nitrogens is 3. The third-order valence-corrected chi connectivity index (χ3v) is 4.25. The molecule has 3 rings (SSSR count). The molecule has 0 radical (unpaired) electrons. The van der Waals surface area contributed by atoms with Gasteiger partial charge in [-0.1, -0.05) is 17.3 Å². The second-order valence-electron chi connectivity index (χ2n) is 5.69. The molecular formula is C15H21N5O. The average Bonchev–Trinajstić information content (AvgIpc) is 2.52. The van der Waals surface area contributed by atoms with Gasteiger partial charge in [-0.15, -0.1) is 5.10 Å². The third kappa shape index (κ3) is 3.11. The molecule has 0 amide bonds. The van der Waals surface area contributed by atoms with Crippen LogP contribution in [0, 0.1) is 5.92 Å². The molecule has 1 aliphatic rings. The number of benzene rings is 1. The van der Waals surface area contributed by atoms with Crippen molar-refractivity contribution < 1.29 is 0 Å². The number of rotatable bonds is 4. The van der Waals surface area contributed by atoms with Crippen molar-refractivity contribution in [2.45, 2.75) is 25.9 Å². The summed E-state index contributed by atoms with van der Waals surface area (Å²) in [6.45, 7) is 3.27. The highest BCUT2D eigenvalue weighted by molar-refractivity contribution is 5.76. The Morgan fingerprint density at radius 2 is 2.00 bits per heavy atom. The Kier molecular flexibility index (Phi) is 4.26. The smallest absolute Gasteiger partial charge is 0.278 e. The molecule has 2 N–H and O–H groups in total. The Morgan fingerprint density at radius 3 is 2.76 bits per heavy atom. The van der Waals surface area contributed by atoms with Gasteiger partial charge in [-0.3, -0.25) is 9.69 Å². The van der Waals surface area contributed by atoms with Gasteiger partial charge >= 0.3 is 0 Å². The van der Waals surface area contributed by atoms with E-state index in [0.29, 0.717) is 17.6 Å². The van der Waals surface area contributed by atoms with Crippen LogP contribution in [-0.4, -0.2) is 39.5 Å². The molecule has 0 saturated carbocycles. The lowest BCUT2D eigenvalue weighted by atomic mass is 9.94. The van der Waals surface area contributed by atoms with Gasteiger partial charge in [0.25, 0.3) is 5.56 Å². The van der Waals surface area contributed by atoms with Gasteiger partial charge in [-0.05, 0) is 43.9 Å². The van der Waals surface area contributed by atoms with E-state index in [0.717, 1.165) is 44.8 Å². The predicted molar refractivity (Wildman–Crippen MR) is 81.8 cm³/mol. The van der Waals surface area contributed by atoms with Crippen LogP contribution < -0.4 is 11.3 Å². The summed E-state index contributed by atoms with van der Waals surface area (Å²) in [5.74, 6) is 0.727. The fourth-order valence-corrected chi connectivity index (χ4v) is 2.96. The van der Waals surface area contributed by atoms with E-state index < -0.39 is 0 Å². The van der Waals surface area contributed by atoms with Gasteiger partial charge in [0.05, 0.1) is 12.1 Å². The number of hydrogen-bond acceptors (Lipinski definition) is 5. The van der Waals surface area contributed by atoms with E-state index in [1.165, 1.54) is 4.68 Å². The highest BCUT2D eigenvalue weighted by Crippen LogP contribution is 2.19. The Hall–Kier alpha value is -1.79. The molecule has 1 fully saturated rings. The van der Waals surface area contributed by atoms with Crippen LogP contribution in [0.3, 0.4) is 0 Å². The fourth-order valence-electron chi connectivity index (χ4n) is 2.96. The molecule has 0 spiro atoms. The highest BCUT2D eigenvalue weighted by Gasteiger charge is 2.19. The molecule has 1 saturated heterocycles. The number of likely N-dealkylation sites (tertiary alicyclic amines) is 1. The van der Waals surface area contributed by atoms with Crippen LogP contribution in [-0.2, 0) is 6.67 Å². The van der Waals surface area contributed by atoms with Crippen LogP contribution in [0.2, 0.25) is 0 Å². The average molecular weight is 287 g/mol. The maximum absolute atomic E-state index is 12.4. The number of hydrogen-bond donors (Lipinski definition) is 1. The Bertz CT molecular complexity index is 660. The van der Waals surface area contributed by atoms with Crippen LogP contribution in [0.1, 0.15) is 19.3 Å².